The van der Waals surface area contributed by atoms with Crippen molar-refractivity contribution < 1.29 is 38.5 Å². The summed E-state index contributed by atoms with van der Waals surface area (Å²) < 4.78 is 26.0. The van der Waals surface area contributed by atoms with E-state index in [9.17, 15) is 23.9 Å². The van der Waals surface area contributed by atoms with E-state index >= 15 is 0 Å². The first-order valence-electron chi connectivity index (χ1n) is 16.4. The van der Waals surface area contributed by atoms with E-state index in [0.717, 1.165) is 61.9 Å². The number of hydrogen-bond donors (Lipinski definition) is 2. The first-order chi connectivity index (χ1) is 22.7. The van der Waals surface area contributed by atoms with Crippen LogP contribution in [0.15, 0.2) is 60.7 Å². The van der Waals surface area contributed by atoms with Crippen LogP contribution in [0, 0.1) is 5.82 Å². The number of rotatable bonds is 18. The van der Waals surface area contributed by atoms with Crippen LogP contribution in [0.5, 0.6) is 11.5 Å². The minimum atomic E-state index is -0.881. The van der Waals surface area contributed by atoms with Crippen molar-refractivity contribution in [1.29, 1.82) is 0 Å². The molecule has 3 aromatic carbocycles. The van der Waals surface area contributed by atoms with Gasteiger partial charge in [-0.3, -0.25) is 14.4 Å². The third-order valence-electron chi connectivity index (χ3n) is 8.32. The summed E-state index contributed by atoms with van der Waals surface area (Å²) in [5.41, 5.74) is 3.85. The highest BCUT2D eigenvalue weighted by Gasteiger charge is 2.22. The Hall–Kier alpha value is -4.44. The molecule has 0 radical (unpaired) electrons. The Morgan fingerprint density at radius 1 is 0.745 bits per heavy atom. The monoisotopic (exact) mass is 648 g/mol. The molecule has 1 fully saturated rings. The van der Waals surface area contributed by atoms with Crippen LogP contribution in [0.1, 0.15) is 66.4 Å². The zero-order chi connectivity index (χ0) is 33.6. The summed E-state index contributed by atoms with van der Waals surface area (Å²) in [5.74, 6) is -0.962. The average Bonchev–Trinajstić information content (AvgIpc) is 3.05. The number of nitrogens with zero attached hydrogens (tertiary/aromatic N) is 2. The van der Waals surface area contributed by atoms with E-state index in [2.05, 4.69) is 4.90 Å². The average molecular weight is 649 g/mol. The van der Waals surface area contributed by atoms with Crippen LogP contribution in [0.2, 0.25) is 0 Å². The molecule has 0 aliphatic carbocycles. The Morgan fingerprint density at radius 2 is 1.47 bits per heavy atom. The molecule has 0 spiro atoms. The number of carbonyl (C=O) groups is 3. The maximum Gasteiger partial charge on any atom is 0.303 e. The number of aliphatic carboxylic acids is 2. The Labute approximate surface area is 275 Å². The van der Waals surface area contributed by atoms with Crippen molar-refractivity contribution in [3.63, 3.8) is 0 Å². The summed E-state index contributed by atoms with van der Waals surface area (Å²) >= 11 is 0. The number of piperazine rings is 1. The third kappa shape index (κ3) is 11.4. The smallest absolute Gasteiger partial charge is 0.303 e. The number of carboxylic acid groups (broad SMARTS) is 2. The van der Waals surface area contributed by atoms with Gasteiger partial charge in [0.15, 0.2) is 0 Å². The molecule has 47 heavy (non-hydrogen) atoms. The predicted octanol–water partition coefficient (Wildman–Crippen LogP) is 6.32. The lowest BCUT2D eigenvalue weighted by atomic mass is 9.97. The first-order valence-corrected chi connectivity index (χ1v) is 16.4. The molecule has 4 rings (SSSR count). The molecule has 2 N–H and O–H groups in total. The third-order valence-corrected chi connectivity index (χ3v) is 8.32. The number of likely N-dealkylation sites (N-methyl/N-ethyl adjacent to an activating group) is 1. The van der Waals surface area contributed by atoms with Crippen LogP contribution < -0.4 is 9.47 Å². The van der Waals surface area contributed by atoms with Gasteiger partial charge in [-0.25, -0.2) is 4.39 Å². The van der Waals surface area contributed by atoms with Gasteiger partial charge in [-0.1, -0.05) is 37.1 Å². The summed E-state index contributed by atoms with van der Waals surface area (Å²) in [5, 5.41) is 18.1. The molecule has 1 amide bonds. The van der Waals surface area contributed by atoms with Gasteiger partial charge in [0.1, 0.15) is 17.3 Å². The highest BCUT2D eigenvalue weighted by atomic mass is 19.1. The summed E-state index contributed by atoms with van der Waals surface area (Å²) in [6.07, 6.45) is 5.09. The van der Waals surface area contributed by atoms with Gasteiger partial charge in [0.05, 0.1) is 13.2 Å². The van der Waals surface area contributed by atoms with Crippen molar-refractivity contribution in [2.24, 2.45) is 0 Å². The normalized spacial score (nSPS) is 13.4. The first kappa shape index (κ1) is 35.4. The lowest BCUT2D eigenvalue weighted by Crippen LogP contribution is -2.47. The van der Waals surface area contributed by atoms with Gasteiger partial charge in [-0.05, 0) is 97.8 Å². The van der Waals surface area contributed by atoms with Crippen molar-refractivity contribution in [3.05, 3.63) is 83.2 Å². The van der Waals surface area contributed by atoms with E-state index in [4.69, 9.17) is 14.6 Å². The van der Waals surface area contributed by atoms with Crippen molar-refractivity contribution in [2.45, 2.75) is 57.8 Å². The van der Waals surface area contributed by atoms with Gasteiger partial charge in [-0.2, -0.15) is 0 Å². The van der Waals surface area contributed by atoms with E-state index in [-0.39, 0.29) is 31.2 Å². The topological polar surface area (TPSA) is 117 Å². The Kier molecular flexibility index (Phi) is 13.6. The lowest BCUT2D eigenvalue weighted by Gasteiger charge is -2.32. The fourth-order valence-electron chi connectivity index (χ4n) is 5.70. The molecule has 0 aromatic heterocycles. The number of carboxylic acids is 2. The van der Waals surface area contributed by atoms with Crippen LogP contribution in [-0.2, 0) is 22.4 Å². The second-order valence-electron chi connectivity index (χ2n) is 12.0. The Balaban J connectivity index is 1.32. The van der Waals surface area contributed by atoms with Gasteiger partial charge >= 0.3 is 11.9 Å². The zero-order valence-electron chi connectivity index (χ0n) is 27.1. The minimum absolute atomic E-state index is 0.0110. The van der Waals surface area contributed by atoms with Crippen LogP contribution in [0.4, 0.5) is 4.39 Å². The van der Waals surface area contributed by atoms with E-state index in [0.29, 0.717) is 55.2 Å². The molecule has 0 unspecified atom stereocenters. The van der Waals surface area contributed by atoms with Gasteiger partial charge in [0.25, 0.3) is 5.91 Å². The van der Waals surface area contributed by atoms with Gasteiger partial charge in [0, 0.05) is 44.6 Å². The number of ether oxygens (including phenoxy) is 2. The summed E-state index contributed by atoms with van der Waals surface area (Å²) in [6, 6.07) is 17.5. The molecule has 0 saturated carbocycles. The molecular weight excluding hydrogens is 603 g/mol. The maximum absolute atomic E-state index is 14.0. The van der Waals surface area contributed by atoms with Crippen LogP contribution >= 0.6 is 0 Å². The molecule has 0 bridgehead atoms. The standard InChI is InChI=1S/C37H45FN2O7/c1-39-17-19-40(20-18-39)37(45)30-23-29(28-11-6-12-31(38)24-28)25-32(26-30)46-21-5-3-2-4-9-27-10-7-13-34(33(27)15-16-36(43)44)47-22-8-14-35(41)42/h6-7,10-13,23-26H,2-5,8-9,14-22H2,1H3,(H,41,42)(H,43,44). The molecule has 252 valence electrons. The van der Waals surface area contributed by atoms with Crippen molar-refractivity contribution >= 4 is 17.8 Å². The Bertz CT molecular complexity index is 1500. The number of halogens is 1. The number of benzene rings is 3. The molecular formula is C37H45FN2O7. The van der Waals surface area contributed by atoms with Crippen molar-refractivity contribution in [2.75, 3.05) is 46.4 Å². The molecule has 9 nitrogen and oxygen atoms in total. The highest BCUT2D eigenvalue weighted by Crippen LogP contribution is 2.29. The van der Waals surface area contributed by atoms with Crippen molar-refractivity contribution in [3.8, 4) is 22.6 Å². The van der Waals surface area contributed by atoms with Crippen LogP contribution in [-0.4, -0.2) is 84.3 Å². The van der Waals surface area contributed by atoms with Crippen molar-refractivity contribution in [1.82, 2.24) is 9.80 Å². The second kappa shape index (κ2) is 18.0. The number of unbranched alkanes of at least 4 members (excludes halogenated alkanes) is 3. The number of hydrogen-bond acceptors (Lipinski definition) is 6. The fourth-order valence-corrected chi connectivity index (χ4v) is 5.70. The number of aryl methyl sites for hydroxylation is 1. The highest BCUT2D eigenvalue weighted by molar-refractivity contribution is 5.96. The predicted molar refractivity (Wildman–Crippen MR) is 178 cm³/mol. The maximum atomic E-state index is 14.0. The van der Waals surface area contributed by atoms with Crippen LogP contribution in [0.25, 0.3) is 11.1 Å². The van der Waals surface area contributed by atoms with Gasteiger partial charge < -0.3 is 29.5 Å². The molecule has 10 heteroatoms. The molecule has 0 atom stereocenters. The molecule has 1 heterocycles. The quantitative estimate of drug-likeness (QED) is 0.154. The summed E-state index contributed by atoms with van der Waals surface area (Å²) in [7, 11) is 2.04. The molecule has 1 aliphatic rings. The SMILES string of the molecule is CN1CCN(C(=O)c2cc(OCCCCCCc3cccc(OCCCC(=O)O)c3CCC(=O)O)cc(-c3cccc(F)c3)c2)CC1. The largest absolute Gasteiger partial charge is 0.494 e. The lowest BCUT2D eigenvalue weighted by molar-refractivity contribution is -0.138. The second-order valence-corrected chi connectivity index (χ2v) is 12.0. The van der Waals surface area contributed by atoms with E-state index < -0.39 is 11.9 Å². The molecule has 1 saturated heterocycles. The fraction of sp³-hybridized carbons (Fsp3) is 0.432. The molecule has 1 aliphatic heterocycles. The summed E-state index contributed by atoms with van der Waals surface area (Å²) in [4.78, 5) is 39.5. The van der Waals surface area contributed by atoms with Crippen LogP contribution in [0.3, 0.4) is 0 Å². The number of amides is 1. The van der Waals surface area contributed by atoms with E-state index in [1.54, 1.807) is 12.1 Å². The minimum Gasteiger partial charge on any atom is -0.494 e. The van der Waals surface area contributed by atoms with E-state index in [1.165, 1.54) is 12.1 Å². The van der Waals surface area contributed by atoms with Gasteiger partial charge in [0.2, 0.25) is 0 Å². The number of carbonyl (C=O) groups excluding carboxylic acids is 1. The van der Waals surface area contributed by atoms with E-state index in [1.807, 2.05) is 48.3 Å². The summed E-state index contributed by atoms with van der Waals surface area (Å²) in [6.45, 7) is 3.67. The zero-order valence-corrected chi connectivity index (χ0v) is 27.1. The Morgan fingerprint density at radius 3 is 2.21 bits per heavy atom. The van der Waals surface area contributed by atoms with Gasteiger partial charge in [-0.15, -0.1) is 0 Å². The molecule has 3 aromatic rings.